The molecule has 13 heavy (non-hydrogen) atoms. The van der Waals surface area contributed by atoms with Crippen LogP contribution >= 0.6 is 15.9 Å². The second-order valence-electron chi connectivity index (χ2n) is 2.66. The Morgan fingerprint density at radius 2 is 2.15 bits per heavy atom. The molecule has 0 aliphatic rings. The average molecular weight is 236 g/mol. The van der Waals surface area contributed by atoms with Crippen molar-refractivity contribution in [2.45, 2.75) is 0 Å². The quantitative estimate of drug-likeness (QED) is 0.562. The maximum atomic E-state index is 10.7. The maximum Gasteiger partial charge on any atom is 0.150 e. The molecule has 64 valence electrons. The van der Waals surface area contributed by atoms with Gasteiger partial charge in [-0.05, 0) is 27.4 Å². The Morgan fingerprint density at radius 3 is 2.92 bits per heavy atom. The summed E-state index contributed by atoms with van der Waals surface area (Å²) in [6.07, 6.45) is 2.55. The molecule has 0 N–H and O–H groups in total. The highest BCUT2D eigenvalue weighted by Gasteiger charge is 2.03. The van der Waals surface area contributed by atoms with Crippen LogP contribution in [-0.4, -0.2) is 11.3 Å². The van der Waals surface area contributed by atoms with Crippen LogP contribution in [0.1, 0.15) is 10.4 Å². The largest absolute Gasteiger partial charge is 0.298 e. The van der Waals surface area contributed by atoms with Gasteiger partial charge in [0.05, 0.1) is 0 Å². The van der Waals surface area contributed by atoms with E-state index in [0.29, 0.717) is 10.2 Å². The van der Waals surface area contributed by atoms with Crippen molar-refractivity contribution in [1.29, 1.82) is 0 Å². The van der Waals surface area contributed by atoms with Crippen LogP contribution in [0.3, 0.4) is 0 Å². The standard InChI is InChI=1S/C10H6BrNO/c11-10-9-7(4-5-12-10)2-1-3-8(9)6-13/h1-6H. The molecule has 0 bridgehead atoms. The lowest BCUT2D eigenvalue weighted by Crippen LogP contribution is -1.86. The highest BCUT2D eigenvalue weighted by molar-refractivity contribution is 9.10. The van der Waals surface area contributed by atoms with Crippen LogP contribution in [0.2, 0.25) is 0 Å². The number of carbonyl (C=O) groups excluding carboxylic acids is 1. The SMILES string of the molecule is O=Cc1cccc2ccnc(Br)c12. The van der Waals surface area contributed by atoms with E-state index in [9.17, 15) is 4.79 Å². The predicted octanol–water partition coefficient (Wildman–Crippen LogP) is 2.81. The first-order valence-electron chi connectivity index (χ1n) is 3.81. The summed E-state index contributed by atoms with van der Waals surface area (Å²) in [4.78, 5) is 14.8. The van der Waals surface area contributed by atoms with Crippen molar-refractivity contribution >= 4 is 33.0 Å². The first kappa shape index (κ1) is 8.38. The zero-order chi connectivity index (χ0) is 9.26. The summed E-state index contributed by atoms with van der Waals surface area (Å²) in [5.41, 5.74) is 0.664. The lowest BCUT2D eigenvalue weighted by atomic mass is 10.1. The second-order valence-corrected chi connectivity index (χ2v) is 3.42. The summed E-state index contributed by atoms with van der Waals surface area (Å²) in [5.74, 6) is 0. The molecule has 3 heteroatoms. The molecule has 0 saturated carbocycles. The van der Waals surface area contributed by atoms with Crippen LogP contribution in [0.15, 0.2) is 35.1 Å². The number of rotatable bonds is 1. The van der Waals surface area contributed by atoms with Crippen LogP contribution in [0.4, 0.5) is 0 Å². The number of fused-ring (bicyclic) bond motifs is 1. The van der Waals surface area contributed by atoms with Crippen molar-refractivity contribution < 1.29 is 4.79 Å². The highest BCUT2D eigenvalue weighted by Crippen LogP contribution is 2.23. The summed E-state index contributed by atoms with van der Waals surface area (Å²) in [6.45, 7) is 0. The fraction of sp³-hybridized carbons (Fsp3) is 0. The zero-order valence-electron chi connectivity index (χ0n) is 6.70. The van der Waals surface area contributed by atoms with Gasteiger partial charge in [0.2, 0.25) is 0 Å². The van der Waals surface area contributed by atoms with Crippen LogP contribution in [-0.2, 0) is 0 Å². The van der Waals surface area contributed by atoms with Crippen LogP contribution < -0.4 is 0 Å². The number of hydrogen-bond donors (Lipinski definition) is 0. The third-order valence-electron chi connectivity index (χ3n) is 1.90. The first-order chi connectivity index (χ1) is 6.33. The van der Waals surface area contributed by atoms with Gasteiger partial charge in [0.1, 0.15) is 4.60 Å². The van der Waals surface area contributed by atoms with Crippen molar-refractivity contribution in [3.05, 3.63) is 40.6 Å². The lowest BCUT2D eigenvalue weighted by molar-refractivity contribution is 0.112. The first-order valence-corrected chi connectivity index (χ1v) is 4.60. The molecule has 1 heterocycles. The van der Waals surface area contributed by atoms with E-state index in [1.165, 1.54) is 0 Å². The molecule has 2 nitrogen and oxygen atoms in total. The maximum absolute atomic E-state index is 10.7. The second kappa shape index (κ2) is 3.26. The molecule has 0 aliphatic carbocycles. The van der Waals surface area contributed by atoms with E-state index < -0.39 is 0 Å². The number of aldehydes is 1. The predicted molar refractivity (Wildman–Crippen MR) is 54.8 cm³/mol. The summed E-state index contributed by atoms with van der Waals surface area (Å²) in [7, 11) is 0. The van der Waals surface area contributed by atoms with Gasteiger partial charge in [-0.15, -0.1) is 0 Å². The minimum atomic E-state index is 0.664. The minimum absolute atomic E-state index is 0.664. The molecule has 0 spiro atoms. The number of carbonyl (C=O) groups is 1. The van der Waals surface area contributed by atoms with Crippen LogP contribution in [0.25, 0.3) is 10.8 Å². The summed E-state index contributed by atoms with van der Waals surface area (Å²) in [5, 5.41) is 1.89. The van der Waals surface area contributed by atoms with E-state index in [4.69, 9.17) is 0 Å². The van der Waals surface area contributed by atoms with Crippen molar-refractivity contribution in [2.75, 3.05) is 0 Å². The Bertz CT molecular complexity index is 462. The molecule has 0 radical (unpaired) electrons. The van der Waals surface area contributed by atoms with E-state index in [1.54, 1.807) is 12.3 Å². The summed E-state index contributed by atoms with van der Waals surface area (Å²) < 4.78 is 0.715. The van der Waals surface area contributed by atoms with Gasteiger partial charge in [0, 0.05) is 17.1 Å². The van der Waals surface area contributed by atoms with Crippen LogP contribution in [0, 0.1) is 0 Å². The number of benzene rings is 1. The molecule has 1 aromatic heterocycles. The average Bonchev–Trinajstić information content (AvgIpc) is 2.17. The Kier molecular flexibility index (Phi) is 2.10. The highest BCUT2D eigenvalue weighted by atomic mass is 79.9. The van der Waals surface area contributed by atoms with Gasteiger partial charge in [-0.1, -0.05) is 18.2 Å². The third-order valence-corrected chi connectivity index (χ3v) is 2.51. The van der Waals surface area contributed by atoms with E-state index in [0.717, 1.165) is 17.1 Å². The fourth-order valence-electron chi connectivity index (χ4n) is 1.31. The number of pyridine rings is 1. The monoisotopic (exact) mass is 235 g/mol. The molecule has 1 aromatic carbocycles. The topological polar surface area (TPSA) is 30.0 Å². The molecule has 0 amide bonds. The molecule has 2 rings (SSSR count). The van der Waals surface area contributed by atoms with E-state index in [-0.39, 0.29) is 0 Å². The van der Waals surface area contributed by atoms with Crippen molar-refractivity contribution in [2.24, 2.45) is 0 Å². The Labute approximate surface area is 83.7 Å². The molecule has 0 unspecified atom stereocenters. The lowest BCUT2D eigenvalue weighted by Gasteiger charge is -2.01. The number of halogens is 1. The van der Waals surface area contributed by atoms with Gasteiger partial charge in [-0.25, -0.2) is 4.98 Å². The van der Waals surface area contributed by atoms with Gasteiger partial charge in [-0.2, -0.15) is 0 Å². The van der Waals surface area contributed by atoms with Gasteiger partial charge in [0.25, 0.3) is 0 Å². The third kappa shape index (κ3) is 1.35. The van der Waals surface area contributed by atoms with Crippen molar-refractivity contribution in [3.63, 3.8) is 0 Å². The molecule has 0 fully saturated rings. The normalized spacial score (nSPS) is 10.2. The molecular formula is C10H6BrNO. The van der Waals surface area contributed by atoms with Crippen molar-refractivity contribution in [1.82, 2.24) is 4.98 Å². The van der Waals surface area contributed by atoms with E-state index in [1.807, 2.05) is 18.2 Å². The van der Waals surface area contributed by atoms with E-state index in [2.05, 4.69) is 20.9 Å². The van der Waals surface area contributed by atoms with Gasteiger partial charge < -0.3 is 0 Å². The number of aromatic nitrogens is 1. The number of hydrogen-bond acceptors (Lipinski definition) is 2. The smallest absolute Gasteiger partial charge is 0.150 e. The zero-order valence-corrected chi connectivity index (χ0v) is 8.28. The van der Waals surface area contributed by atoms with Gasteiger partial charge >= 0.3 is 0 Å². The molecular weight excluding hydrogens is 230 g/mol. The molecule has 0 aliphatic heterocycles. The summed E-state index contributed by atoms with van der Waals surface area (Å²) >= 11 is 3.32. The molecule has 0 atom stereocenters. The molecule has 0 saturated heterocycles. The Morgan fingerprint density at radius 1 is 1.31 bits per heavy atom. The molecule has 2 aromatic rings. The van der Waals surface area contributed by atoms with Gasteiger partial charge in [-0.3, -0.25) is 4.79 Å². The van der Waals surface area contributed by atoms with Gasteiger partial charge in [0.15, 0.2) is 6.29 Å². The minimum Gasteiger partial charge on any atom is -0.298 e. The van der Waals surface area contributed by atoms with Crippen molar-refractivity contribution in [3.8, 4) is 0 Å². The Hall–Kier alpha value is -1.22. The van der Waals surface area contributed by atoms with E-state index >= 15 is 0 Å². The fourth-order valence-corrected chi connectivity index (χ4v) is 1.89. The Balaban J connectivity index is 2.94. The summed E-state index contributed by atoms with van der Waals surface area (Å²) in [6, 6.07) is 7.47. The number of nitrogens with zero attached hydrogens (tertiary/aromatic N) is 1. The van der Waals surface area contributed by atoms with Crippen LogP contribution in [0.5, 0.6) is 0 Å².